The predicted octanol–water partition coefficient (Wildman–Crippen LogP) is 3.82. The largest absolute Gasteiger partial charge is 0.497 e. The van der Waals surface area contributed by atoms with Crippen LogP contribution in [0.25, 0.3) is 6.08 Å². The first-order chi connectivity index (χ1) is 16.3. The summed E-state index contributed by atoms with van der Waals surface area (Å²) in [7, 11) is 1.56. The lowest BCUT2D eigenvalue weighted by atomic mass is 10.2. The van der Waals surface area contributed by atoms with Crippen LogP contribution >= 0.6 is 47.2 Å². The van der Waals surface area contributed by atoms with Gasteiger partial charge in [-0.05, 0) is 42.0 Å². The highest BCUT2D eigenvalue weighted by molar-refractivity contribution is 8.26. The molecule has 178 valence electrons. The second-order valence-electron chi connectivity index (χ2n) is 6.82. The first-order valence-electron chi connectivity index (χ1n) is 9.82. The molecule has 2 aromatic carbocycles. The Hall–Kier alpha value is -2.79. The van der Waals surface area contributed by atoms with Gasteiger partial charge in [0.15, 0.2) is 6.61 Å². The number of thioether (sulfide) groups is 1. The van der Waals surface area contributed by atoms with Crippen molar-refractivity contribution in [1.82, 2.24) is 15.8 Å². The van der Waals surface area contributed by atoms with E-state index in [1.165, 1.54) is 17.0 Å². The Labute approximate surface area is 215 Å². The van der Waals surface area contributed by atoms with Crippen LogP contribution in [-0.4, -0.2) is 47.2 Å². The summed E-state index contributed by atoms with van der Waals surface area (Å²) in [5, 5.41) is 0.694. The van der Waals surface area contributed by atoms with Gasteiger partial charge in [-0.3, -0.25) is 30.1 Å². The average Bonchev–Trinajstić information content (AvgIpc) is 3.07. The smallest absolute Gasteiger partial charge is 0.276 e. The molecule has 8 nitrogen and oxygen atoms in total. The van der Waals surface area contributed by atoms with Crippen molar-refractivity contribution < 1.29 is 23.9 Å². The van der Waals surface area contributed by atoms with Crippen LogP contribution in [0.15, 0.2) is 47.4 Å². The molecule has 0 radical (unpaired) electrons. The van der Waals surface area contributed by atoms with E-state index in [0.29, 0.717) is 20.0 Å². The maximum atomic E-state index is 12.7. The number of hydrogen-bond acceptors (Lipinski definition) is 7. The number of nitrogens with one attached hydrogen (secondary N) is 2. The molecule has 0 unspecified atom stereocenters. The minimum atomic E-state index is -0.591. The summed E-state index contributed by atoms with van der Waals surface area (Å²) in [6, 6.07) is 11.8. The predicted molar refractivity (Wildman–Crippen MR) is 136 cm³/mol. The number of methoxy groups -OCH3 is 1. The first-order valence-corrected chi connectivity index (χ1v) is 11.8. The topological polar surface area (TPSA) is 97.0 Å². The Bertz CT molecular complexity index is 1160. The molecule has 1 heterocycles. The van der Waals surface area contributed by atoms with Crippen molar-refractivity contribution in [1.29, 1.82) is 0 Å². The molecule has 1 aliphatic heterocycles. The molecular formula is C22H19Cl2N3O5S2. The zero-order valence-electron chi connectivity index (χ0n) is 17.8. The van der Waals surface area contributed by atoms with Crippen molar-refractivity contribution in [3.05, 3.63) is 63.0 Å². The fraction of sp³-hybridized carbons (Fsp3) is 0.182. The number of nitrogens with zero attached hydrogens (tertiary/aromatic N) is 1. The van der Waals surface area contributed by atoms with E-state index < -0.39 is 11.8 Å². The van der Waals surface area contributed by atoms with Crippen LogP contribution in [0.1, 0.15) is 12.0 Å². The molecule has 3 amide bonds. The standard InChI is InChI=1S/C22H19Cl2N3O5S2/c1-31-15-4-2-3-13(9-15)10-18-21(30)27(22(33)34-18)8-7-19(28)25-26-20(29)12-32-17-6-5-14(23)11-16(17)24/h2-6,9-11H,7-8,12H2,1H3,(H,25,28)(H,26,29)/b18-10-. The molecule has 0 aliphatic carbocycles. The van der Waals surface area contributed by atoms with E-state index in [2.05, 4.69) is 10.9 Å². The molecule has 2 N–H and O–H groups in total. The summed E-state index contributed by atoms with van der Waals surface area (Å²) < 4.78 is 10.8. The Morgan fingerprint density at radius 3 is 2.65 bits per heavy atom. The summed E-state index contributed by atoms with van der Waals surface area (Å²) in [5.74, 6) is -0.425. The number of carbonyl (C=O) groups is 3. The SMILES string of the molecule is COc1cccc(/C=C2\SC(=S)N(CCC(=O)NNC(=O)COc3ccc(Cl)cc3Cl)C2=O)c1. The third-order valence-electron chi connectivity index (χ3n) is 4.42. The second-order valence-corrected chi connectivity index (χ2v) is 9.34. The average molecular weight is 540 g/mol. The Balaban J connectivity index is 1.45. The van der Waals surface area contributed by atoms with E-state index in [9.17, 15) is 14.4 Å². The van der Waals surface area contributed by atoms with Gasteiger partial charge in [0, 0.05) is 18.0 Å². The number of hydrazine groups is 1. The van der Waals surface area contributed by atoms with Gasteiger partial charge in [0.25, 0.3) is 11.8 Å². The van der Waals surface area contributed by atoms with Crippen molar-refractivity contribution >= 4 is 75.3 Å². The van der Waals surface area contributed by atoms with E-state index in [-0.39, 0.29) is 36.3 Å². The molecule has 3 rings (SSSR count). The number of amides is 3. The van der Waals surface area contributed by atoms with Gasteiger partial charge in [0.1, 0.15) is 15.8 Å². The molecule has 2 aromatic rings. The lowest BCUT2D eigenvalue weighted by Crippen LogP contribution is -2.45. The molecule has 0 saturated carbocycles. The van der Waals surface area contributed by atoms with Gasteiger partial charge in [-0.25, -0.2) is 0 Å². The zero-order valence-corrected chi connectivity index (χ0v) is 20.9. The van der Waals surface area contributed by atoms with Crippen molar-refractivity contribution in [2.24, 2.45) is 0 Å². The lowest BCUT2D eigenvalue weighted by molar-refractivity contribution is -0.130. The van der Waals surface area contributed by atoms with Crippen LogP contribution in [-0.2, 0) is 14.4 Å². The van der Waals surface area contributed by atoms with E-state index in [1.54, 1.807) is 31.4 Å². The molecule has 0 spiro atoms. The third-order valence-corrected chi connectivity index (χ3v) is 6.33. The maximum Gasteiger partial charge on any atom is 0.276 e. The van der Waals surface area contributed by atoms with Crippen LogP contribution in [0, 0.1) is 0 Å². The normalized spacial score (nSPS) is 14.3. The summed E-state index contributed by atoms with van der Waals surface area (Å²) in [6.07, 6.45) is 1.65. The Kier molecular flexibility index (Phi) is 9.17. The fourth-order valence-electron chi connectivity index (χ4n) is 2.76. The van der Waals surface area contributed by atoms with Crippen LogP contribution < -0.4 is 20.3 Å². The van der Waals surface area contributed by atoms with E-state index in [4.69, 9.17) is 44.9 Å². The lowest BCUT2D eigenvalue weighted by Gasteiger charge is -2.14. The van der Waals surface area contributed by atoms with Gasteiger partial charge in [-0.1, -0.05) is 59.3 Å². The van der Waals surface area contributed by atoms with Gasteiger partial charge in [-0.2, -0.15) is 0 Å². The van der Waals surface area contributed by atoms with Crippen LogP contribution in [0.4, 0.5) is 0 Å². The number of ether oxygens (including phenoxy) is 2. The van der Waals surface area contributed by atoms with Gasteiger partial charge in [0.05, 0.1) is 17.0 Å². The Morgan fingerprint density at radius 1 is 1.15 bits per heavy atom. The van der Waals surface area contributed by atoms with E-state index >= 15 is 0 Å². The van der Waals surface area contributed by atoms with E-state index in [0.717, 1.165) is 17.3 Å². The molecule has 0 bridgehead atoms. The highest BCUT2D eigenvalue weighted by Gasteiger charge is 2.32. The number of hydrogen-bond donors (Lipinski definition) is 2. The quantitative estimate of drug-likeness (QED) is 0.299. The van der Waals surface area contributed by atoms with Crippen molar-refractivity contribution in [2.45, 2.75) is 6.42 Å². The fourth-order valence-corrected chi connectivity index (χ4v) is 4.53. The number of thiocarbonyl (C=S) groups is 1. The van der Waals surface area contributed by atoms with Gasteiger partial charge >= 0.3 is 0 Å². The summed E-state index contributed by atoms with van der Waals surface area (Å²) >= 11 is 18.2. The number of rotatable bonds is 8. The highest BCUT2D eigenvalue weighted by atomic mass is 35.5. The molecule has 0 atom stereocenters. The second kappa shape index (κ2) is 12.1. The number of benzene rings is 2. The summed E-state index contributed by atoms with van der Waals surface area (Å²) in [4.78, 5) is 38.5. The molecule has 1 saturated heterocycles. The van der Waals surface area contributed by atoms with Gasteiger partial charge in [0.2, 0.25) is 5.91 Å². The summed E-state index contributed by atoms with van der Waals surface area (Å²) in [5.41, 5.74) is 5.30. The van der Waals surface area contributed by atoms with Crippen LogP contribution in [0.5, 0.6) is 11.5 Å². The van der Waals surface area contributed by atoms with Gasteiger partial charge in [-0.15, -0.1) is 0 Å². The zero-order chi connectivity index (χ0) is 24.7. The minimum absolute atomic E-state index is 0.0664. The van der Waals surface area contributed by atoms with Crippen molar-refractivity contribution in [3.8, 4) is 11.5 Å². The van der Waals surface area contributed by atoms with Gasteiger partial charge < -0.3 is 9.47 Å². The molecule has 0 aromatic heterocycles. The maximum absolute atomic E-state index is 12.7. The van der Waals surface area contributed by atoms with Crippen molar-refractivity contribution in [3.63, 3.8) is 0 Å². The third kappa shape index (κ3) is 7.10. The minimum Gasteiger partial charge on any atom is -0.497 e. The highest BCUT2D eigenvalue weighted by Crippen LogP contribution is 2.33. The number of carbonyl (C=O) groups excluding carboxylic acids is 3. The molecule has 1 fully saturated rings. The number of halogens is 2. The Morgan fingerprint density at radius 2 is 1.91 bits per heavy atom. The van der Waals surface area contributed by atoms with Crippen LogP contribution in [0.2, 0.25) is 10.0 Å². The molecule has 12 heteroatoms. The molecule has 1 aliphatic rings. The van der Waals surface area contributed by atoms with Crippen LogP contribution in [0.3, 0.4) is 0 Å². The first kappa shape index (κ1) is 25.8. The molecular weight excluding hydrogens is 521 g/mol. The van der Waals surface area contributed by atoms with Crippen molar-refractivity contribution in [2.75, 3.05) is 20.3 Å². The molecule has 34 heavy (non-hydrogen) atoms. The monoisotopic (exact) mass is 539 g/mol. The van der Waals surface area contributed by atoms with E-state index in [1.807, 2.05) is 12.1 Å². The summed E-state index contributed by atoms with van der Waals surface area (Å²) in [6.45, 7) is -0.301.